The third-order valence-electron chi connectivity index (χ3n) is 3.69. The predicted molar refractivity (Wildman–Crippen MR) is 83.9 cm³/mol. The monoisotopic (exact) mass is 313 g/mol. The van der Waals surface area contributed by atoms with Gasteiger partial charge in [-0.2, -0.15) is 4.39 Å². The van der Waals surface area contributed by atoms with E-state index in [0.29, 0.717) is 11.2 Å². The summed E-state index contributed by atoms with van der Waals surface area (Å²) in [4.78, 5) is 16.4. The molecule has 3 aromatic rings. The van der Waals surface area contributed by atoms with Gasteiger partial charge in [0.2, 0.25) is 5.95 Å². The number of aromatic nitrogens is 2. The normalized spacial score (nSPS) is 12.3. The molecule has 1 atom stereocenters. The summed E-state index contributed by atoms with van der Waals surface area (Å²) in [5.74, 6) is -1.26. The summed E-state index contributed by atoms with van der Waals surface area (Å²) in [5.41, 5.74) is 1.60. The number of carbonyl (C=O) groups excluding carboxylic acids is 1. The molecule has 0 bridgehead atoms. The molecule has 1 aromatic carbocycles. The van der Waals surface area contributed by atoms with Crippen LogP contribution >= 0.6 is 0 Å². The summed E-state index contributed by atoms with van der Waals surface area (Å²) >= 11 is 0. The number of hydrogen-bond acceptors (Lipinski definition) is 3. The van der Waals surface area contributed by atoms with Gasteiger partial charge in [-0.3, -0.25) is 9.20 Å². The first-order valence-electron chi connectivity index (χ1n) is 7.20. The molecule has 23 heavy (non-hydrogen) atoms. The molecule has 0 saturated carbocycles. The predicted octanol–water partition coefficient (Wildman–Crippen LogP) is 2.98. The van der Waals surface area contributed by atoms with Crippen molar-refractivity contribution >= 4 is 11.6 Å². The minimum absolute atomic E-state index is 0.0754. The van der Waals surface area contributed by atoms with Crippen molar-refractivity contribution in [3.05, 3.63) is 65.4 Å². The highest BCUT2D eigenvalue weighted by molar-refractivity contribution is 5.93. The Labute approximate surface area is 132 Å². The van der Waals surface area contributed by atoms with Crippen LogP contribution in [-0.4, -0.2) is 20.4 Å². The Morgan fingerprint density at radius 2 is 2.09 bits per heavy atom. The van der Waals surface area contributed by atoms with Crippen molar-refractivity contribution in [1.29, 1.82) is 0 Å². The standard InChI is InChI=1S/C17H16FN3O2/c1-10-7-8-21-14(9-10)20-15(16(21)18)17(23)19-11(2)12-5-3-4-6-13(12)22/h3-9,11,22H,1-2H3,(H,19,23)/t11-/m0/s1. The molecule has 0 fully saturated rings. The highest BCUT2D eigenvalue weighted by atomic mass is 19.1. The zero-order chi connectivity index (χ0) is 16.6. The number of aromatic hydroxyl groups is 1. The van der Waals surface area contributed by atoms with Gasteiger partial charge in [-0.05, 0) is 37.6 Å². The number of halogens is 1. The van der Waals surface area contributed by atoms with Crippen molar-refractivity contribution in [3.8, 4) is 5.75 Å². The van der Waals surface area contributed by atoms with Gasteiger partial charge < -0.3 is 10.4 Å². The molecule has 3 rings (SSSR count). The lowest BCUT2D eigenvalue weighted by atomic mass is 10.1. The molecule has 2 aromatic heterocycles. The average Bonchev–Trinajstić information content (AvgIpc) is 2.84. The van der Waals surface area contributed by atoms with Gasteiger partial charge in [-0.15, -0.1) is 0 Å². The molecule has 2 heterocycles. The molecule has 0 aliphatic rings. The van der Waals surface area contributed by atoms with Crippen LogP contribution in [0.3, 0.4) is 0 Å². The number of imidazole rings is 1. The lowest BCUT2D eigenvalue weighted by Crippen LogP contribution is -2.27. The van der Waals surface area contributed by atoms with Gasteiger partial charge in [0.15, 0.2) is 5.69 Å². The van der Waals surface area contributed by atoms with Crippen molar-refractivity contribution in [2.75, 3.05) is 0 Å². The van der Waals surface area contributed by atoms with Gasteiger partial charge in [-0.25, -0.2) is 4.98 Å². The molecule has 2 N–H and O–H groups in total. The molecular weight excluding hydrogens is 297 g/mol. The summed E-state index contributed by atoms with van der Waals surface area (Å²) in [6.45, 7) is 3.58. The molecule has 0 saturated heterocycles. The third-order valence-corrected chi connectivity index (χ3v) is 3.69. The first-order chi connectivity index (χ1) is 11.0. The highest BCUT2D eigenvalue weighted by Gasteiger charge is 2.21. The minimum Gasteiger partial charge on any atom is -0.508 e. The molecule has 6 heteroatoms. The lowest BCUT2D eigenvalue weighted by Gasteiger charge is -2.14. The van der Waals surface area contributed by atoms with E-state index in [2.05, 4.69) is 10.3 Å². The number of para-hydroxylation sites is 1. The van der Waals surface area contributed by atoms with Crippen molar-refractivity contribution in [2.45, 2.75) is 19.9 Å². The van der Waals surface area contributed by atoms with Crippen molar-refractivity contribution in [1.82, 2.24) is 14.7 Å². The number of rotatable bonds is 3. The molecule has 1 amide bonds. The van der Waals surface area contributed by atoms with Crippen LogP contribution in [0.2, 0.25) is 0 Å². The Morgan fingerprint density at radius 3 is 2.83 bits per heavy atom. The van der Waals surface area contributed by atoms with Gasteiger partial charge in [-0.1, -0.05) is 18.2 Å². The average molecular weight is 313 g/mol. The van der Waals surface area contributed by atoms with E-state index < -0.39 is 17.9 Å². The maximum absolute atomic E-state index is 14.3. The number of aryl methyl sites for hydroxylation is 1. The second-order valence-electron chi connectivity index (χ2n) is 5.44. The first kappa shape index (κ1) is 15.0. The Kier molecular flexibility index (Phi) is 3.73. The fourth-order valence-corrected chi connectivity index (χ4v) is 2.46. The molecule has 118 valence electrons. The zero-order valence-electron chi connectivity index (χ0n) is 12.7. The summed E-state index contributed by atoms with van der Waals surface area (Å²) in [6, 6.07) is 9.64. The minimum atomic E-state index is -0.706. The van der Waals surface area contributed by atoms with Crippen LogP contribution in [0.4, 0.5) is 4.39 Å². The quantitative estimate of drug-likeness (QED) is 0.781. The molecule has 0 aliphatic heterocycles. The van der Waals surface area contributed by atoms with Gasteiger partial charge >= 0.3 is 0 Å². The number of nitrogens with one attached hydrogen (secondary N) is 1. The summed E-state index contributed by atoms with van der Waals surface area (Å²) in [7, 11) is 0. The Hall–Kier alpha value is -2.89. The number of pyridine rings is 1. The number of amides is 1. The maximum Gasteiger partial charge on any atom is 0.275 e. The zero-order valence-corrected chi connectivity index (χ0v) is 12.7. The van der Waals surface area contributed by atoms with E-state index in [1.807, 2.05) is 6.92 Å². The molecular formula is C17H16FN3O2. The molecule has 0 aliphatic carbocycles. The van der Waals surface area contributed by atoms with E-state index in [1.165, 1.54) is 16.7 Å². The second-order valence-corrected chi connectivity index (χ2v) is 5.44. The Morgan fingerprint density at radius 1 is 1.35 bits per heavy atom. The summed E-state index contributed by atoms with van der Waals surface area (Å²) < 4.78 is 15.6. The molecule has 0 radical (unpaired) electrons. The van der Waals surface area contributed by atoms with Crippen molar-refractivity contribution < 1.29 is 14.3 Å². The highest BCUT2D eigenvalue weighted by Crippen LogP contribution is 2.23. The van der Waals surface area contributed by atoms with Crippen LogP contribution in [0.25, 0.3) is 5.65 Å². The number of nitrogens with zero attached hydrogens (tertiary/aromatic N) is 2. The van der Waals surface area contributed by atoms with E-state index >= 15 is 0 Å². The van der Waals surface area contributed by atoms with Crippen LogP contribution < -0.4 is 5.32 Å². The van der Waals surface area contributed by atoms with Crippen LogP contribution in [0, 0.1) is 12.9 Å². The second kappa shape index (κ2) is 5.72. The number of phenols is 1. The lowest BCUT2D eigenvalue weighted by molar-refractivity contribution is 0.0930. The van der Waals surface area contributed by atoms with Gasteiger partial charge in [0.25, 0.3) is 5.91 Å². The number of carbonyl (C=O) groups is 1. The SMILES string of the molecule is Cc1ccn2c(F)c(C(=O)N[C@@H](C)c3ccccc3O)nc2c1. The molecule has 5 nitrogen and oxygen atoms in total. The first-order valence-corrected chi connectivity index (χ1v) is 7.20. The van der Waals surface area contributed by atoms with E-state index in [4.69, 9.17) is 0 Å². The summed E-state index contributed by atoms with van der Waals surface area (Å²) in [6.07, 6.45) is 1.54. The fourth-order valence-electron chi connectivity index (χ4n) is 2.46. The maximum atomic E-state index is 14.3. The topological polar surface area (TPSA) is 66.6 Å². The van der Waals surface area contributed by atoms with E-state index in [0.717, 1.165) is 5.56 Å². The van der Waals surface area contributed by atoms with Crippen LogP contribution in [0.1, 0.15) is 34.6 Å². The van der Waals surface area contributed by atoms with E-state index in [1.54, 1.807) is 37.3 Å². The van der Waals surface area contributed by atoms with Crippen LogP contribution in [0.5, 0.6) is 5.75 Å². The fraction of sp³-hybridized carbons (Fsp3) is 0.176. The van der Waals surface area contributed by atoms with E-state index in [-0.39, 0.29) is 11.4 Å². The van der Waals surface area contributed by atoms with Gasteiger partial charge in [0.05, 0.1) is 6.04 Å². The van der Waals surface area contributed by atoms with Gasteiger partial charge in [0, 0.05) is 11.8 Å². The van der Waals surface area contributed by atoms with Crippen molar-refractivity contribution in [2.24, 2.45) is 0 Å². The Bertz CT molecular complexity index is 889. The number of phenolic OH excluding ortho intramolecular Hbond substituents is 1. The van der Waals surface area contributed by atoms with Gasteiger partial charge in [0.1, 0.15) is 11.4 Å². The largest absolute Gasteiger partial charge is 0.508 e. The van der Waals surface area contributed by atoms with Crippen molar-refractivity contribution in [3.63, 3.8) is 0 Å². The third kappa shape index (κ3) is 2.75. The molecule has 0 unspecified atom stereocenters. The summed E-state index contributed by atoms with van der Waals surface area (Å²) in [5, 5.41) is 12.5. The van der Waals surface area contributed by atoms with Crippen LogP contribution in [-0.2, 0) is 0 Å². The number of hydrogen-bond donors (Lipinski definition) is 2. The number of fused-ring (bicyclic) bond motifs is 1. The number of benzene rings is 1. The smallest absolute Gasteiger partial charge is 0.275 e. The van der Waals surface area contributed by atoms with Crippen LogP contribution in [0.15, 0.2) is 42.6 Å². The Balaban J connectivity index is 1.89. The van der Waals surface area contributed by atoms with E-state index in [9.17, 15) is 14.3 Å². The molecule has 0 spiro atoms.